The minimum atomic E-state index is -0.168. The van der Waals surface area contributed by atoms with Gasteiger partial charge in [0.25, 0.3) is 5.91 Å². The van der Waals surface area contributed by atoms with Gasteiger partial charge in [0.15, 0.2) is 0 Å². The highest BCUT2D eigenvalue weighted by atomic mass is 16.2. The van der Waals surface area contributed by atoms with Crippen molar-refractivity contribution in [2.45, 2.75) is 6.92 Å². The third-order valence-corrected chi connectivity index (χ3v) is 4.14. The van der Waals surface area contributed by atoms with Crippen LogP contribution in [0.2, 0.25) is 0 Å². The van der Waals surface area contributed by atoms with Crippen LogP contribution in [0.25, 0.3) is 16.8 Å². The van der Waals surface area contributed by atoms with Gasteiger partial charge in [-0.15, -0.1) is 0 Å². The van der Waals surface area contributed by atoms with Gasteiger partial charge in [-0.2, -0.15) is 0 Å². The van der Waals surface area contributed by atoms with Gasteiger partial charge >= 0.3 is 0 Å². The largest absolute Gasteiger partial charge is 0.305 e. The Bertz CT molecular complexity index is 993. The Labute approximate surface area is 140 Å². The molecule has 1 aliphatic rings. The third-order valence-electron chi connectivity index (χ3n) is 4.14. The molecule has 3 aromatic rings. The first kappa shape index (κ1) is 14.4. The highest BCUT2D eigenvalue weighted by Gasteiger charge is 2.21. The van der Waals surface area contributed by atoms with Crippen molar-refractivity contribution in [3.05, 3.63) is 89.1 Å². The third kappa shape index (κ3) is 2.61. The van der Waals surface area contributed by atoms with E-state index in [-0.39, 0.29) is 5.91 Å². The van der Waals surface area contributed by atoms with Gasteiger partial charge in [-0.25, -0.2) is 4.99 Å². The van der Waals surface area contributed by atoms with Crippen molar-refractivity contribution in [2.24, 2.45) is 4.99 Å². The van der Waals surface area contributed by atoms with E-state index in [2.05, 4.69) is 28.5 Å². The fourth-order valence-electron chi connectivity index (χ4n) is 2.84. The fraction of sp³-hybridized carbons (Fsp3) is 0.0476. The van der Waals surface area contributed by atoms with E-state index in [1.165, 1.54) is 5.56 Å². The van der Waals surface area contributed by atoms with Crippen LogP contribution in [0.5, 0.6) is 0 Å². The molecule has 0 bridgehead atoms. The molecule has 0 spiro atoms. The number of hydrogen-bond donors (Lipinski definition) is 1. The molecule has 0 aromatic heterocycles. The Morgan fingerprint density at radius 2 is 1.67 bits per heavy atom. The van der Waals surface area contributed by atoms with Crippen molar-refractivity contribution in [3.8, 4) is 0 Å². The summed E-state index contributed by atoms with van der Waals surface area (Å²) in [6.45, 7) is 2.03. The number of fused-ring (bicyclic) bond motifs is 1. The molecule has 0 atom stereocenters. The number of aliphatic imine (C=N–C) groups is 1. The summed E-state index contributed by atoms with van der Waals surface area (Å²) in [6, 6.07) is 22.1. The lowest BCUT2D eigenvalue weighted by molar-refractivity contribution is -0.115. The first-order chi connectivity index (χ1) is 11.7. The van der Waals surface area contributed by atoms with E-state index in [4.69, 9.17) is 0 Å². The molecule has 0 saturated carbocycles. The maximum Gasteiger partial charge on any atom is 0.275 e. The molecular weight excluding hydrogens is 296 g/mol. The van der Waals surface area contributed by atoms with Gasteiger partial charge in [0.05, 0.1) is 0 Å². The average molecular weight is 312 g/mol. The van der Waals surface area contributed by atoms with Crippen LogP contribution >= 0.6 is 0 Å². The molecule has 0 saturated heterocycles. The summed E-state index contributed by atoms with van der Waals surface area (Å²) >= 11 is 0. The Kier molecular flexibility index (Phi) is 3.47. The van der Waals surface area contributed by atoms with Crippen molar-refractivity contribution in [1.82, 2.24) is 5.32 Å². The summed E-state index contributed by atoms with van der Waals surface area (Å²) in [7, 11) is 0. The lowest BCUT2D eigenvalue weighted by Gasteiger charge is -2.02. The van der Waals surface area contributed by atoms with Crippen LogP contribution in [0, 0.1) is 6.92 Å². The lowest BCUT2D eigenvalue weighted by atomic mass is 10.0. The monoisotopic (exact) mass is 312 g/mol. The summed E-state index contributed by atoms with van der Waals surface area (Å²) in [4.78, 5) is 16.8. The van der Waals surface area contributed by atoms with Gasteiger partial charge in [-0.1, -0.05) is 72.3 Å². The van der Waals surface area contributed by atoms with E-state index in [9.17, 15) is 4.79 Å². The number of aryl methyl sites for hydroxylation is 1. The molecule has 3 nitrogen and oxygen atoms in total. The maximum absolute atomic E-state index is 12.3. The van der Waals surface area contributed by atoms with E-state index < -0.39 is 0 Å². The zero-order chi connectivity index (χ0) is 16.5. The molecule has 0 aliphatic carbocycles. The molecule has 0 unspecified atom stereocenters. The first-order valence-electron chi connectivity index (χ1n) is 7.87. The van der Waals surface area contributed by atoms with E-state index >= 15 is 0 Å². The Hall–Kier alpha value is -3.20. The molecule has 1 amide bonds. The van der Waals surface area contributed by atoms with Crippen LogP contribution in [0.3, 0.4) is 0 Å². The number of nitrogens with zero attached hydrogens (tertiary/aromatic N) is 1. The van der Waals surface area contributed by atoms with Gasteiger partial charge in [0.2, 0.25) is 0 Å². The number of amides is 1. The van der Waals surface area contributed by atoms with Crippen LogP contribution < -0.4 is 5.32 Å². The molecule has 3 heteroatoms. The standard InChI is InChI=1S/C21H16N2O/c1-14-9-11-16(12-10-14)20-22-19(21(24)23-20)13-17-7-4-6-15-5-2-3-8-18(15)17/h2-13H,1H3,(H,22,23,24). The molecule has 4 rings (SSSR count). The van der Waals surface area contributed by atoms with E-state index in [1.54, 1.807) is 0 Å². The van der Waals surface area contributed by atoms with Crippen LogP contribution in [0.15, 0.2) is 77.4 Å². The smallest absolute Gasteiger partial charge is 0.275 e. The molecule has 0 fully saturated rings. The number of nitrogens with one attached hydrogen (secondary N) is 1. The highest BCUT2D eigenvalue weighted by molar-refractivity contribution is 6.20. The second-order valence-corrected chi connectivity index (χ2v) is 5.88. The summed E-state index contributed by atoms with van der Waals surface area (Å²) in [5.41, 5.74) is 3.51. The van der Waals surface area contributed by atoms with Crippen LogP contribution in [0.1, 0.15) is 16.7 Å². The number of benzene rings is 3. The predicted molar refractivity (Wildman–Crippen MR) is 97.8 cm³/mol. The number of hydrogen-bond acceptors (Lipinski definition) is 2. The summed E-state index contributed by atoms with van der Waals surface area (Å²) in [5, 5.41) is 5.11. The number of carbonyl (C=O) groups excluding carboxylic acids is 1. The van der Waals surface area contributed by atoms with E-state index in [1.807, 2.05) is 61.5 Å². The summed E-state index contributed by atoms with van der Waals surface area (Å²) < 4.78 is 0. The maximum atomic E-state index is 12.3. The number of carbonyl (C=O) groups is 1. The highest BCUT2D eigenvalue weighted by Crippen LogP contribution is 2.22. The van der Waals surface area contributed by atoms with Crippen molar-refractivity contribution in [2.75, 3.05) is 0 Å². The second-order valence-electron chi connectivity index (χ2n) is 5.88. The number of amidine groups is 1. The minimum Gasteiger partial charge on any atom is -0.305 e. The van der Waals surface area contributed by atoms with Gasteiger partial charge in [0.1, 0.15) is 11.5 Å². The van der Waals surface area contributed by atoms with Gasteiger partial charge in [0, 0.05) is 5.56 Å². The summed E-state index contributed by atoms with van der Waals surface area (Å²) in [6.07, 6.45) is 1.85. The quantitative estimate of drug-likeness (QED) is 0.712. The minimum absolute atomic E-state index is 0.168. The second kappa shape index (κ2) is 5.78. The van der Waals surface area contributed by atoms with Crippen molar-refractivity contribution < 1.29 is 4.79 Å². The average Bonchev–Trinajstić information content (AvgIpc) is 2.97. The lowest BCUT2D eigenvalue weighted by Crippen LogP contribution is -2.24. The van der Waals surface area contributed by atoms with Crippen LogP contribution in [0.4, 0.5) is 0 Å². The predicted octanol–water partition coefficient (Wildman–Crippen LogP) is 4.07. The molecule has 0 radical (unpaired) electrons. The summed E-state index contributed by atoms with van der Waals surface area (Å²) in [5.74, 6) is 0.435. The fourth-order valence-corrected chi connectivity index (χ4v) is 2.84. The molecule has 1 aliphatic heterocycles. The Morgan fingerprint density at radius 3 is 2.50 bits per heavy atom. The SMILES string of the molecule is Cc1ccc(C2=NC(=Cc3cccc4ccccc34)C(=O)N2)cc1. The molecular formula is C21H16N2O. The molecule has 24 heavy (non-hydrogen) atoms. The van der Waals surface area contributed by atoms with Gasteiger partial charge in [-0.3, -0.25) is 4.79 Å². The molecule has 116 valence electrons. The van der Waals surface area contributed by atoms with E-state index in [0.29, 0.717) is 11.5 Å². The molecule has 1 N–H and O–H groups in total. The zero-order valence-electron chi connectivity index (χ0n) is 13.3. The molecule has 1 heterocycles. The van der Waals surface area contributed by atoms with Crippen LogP contribution in [-0.4, -0.2) is 11.7 Å². The van der Waals surface area contributed by atoms with Crippen molar-refractivity contribution in [1.29, 1.82) is 0 Å². The Morgan fingerprint density at radius 1 is 0.917 bits per heavy atom. The van der Waals surface area contributed by atoms with Crippen molar-refractivity contribution >= 4 is 28.6 Å². The van der Waals surface area contributed by atoms with E-state index in [0.717, 1.165) is 21.9 Å². The molecule has 3 aromatic carbocycles. The first-order valence-corrected chi connectivity index (χ1v) is 7.87. The van der Waals surface area contributed by atoms with Gasteiger partial charge < -0.3 is 5.32 Å². The van der Waals surface area contributed by atoms with Gasteiger partial charge in [-0.05, 0) is 29.3 Å². The zero-order valence-corrected chi connectivity index (χ0v) is 13.3. The normalized spacial score (nSPS) is 15.6. The Balaban J connectivity index is 1.76. The topological polar surface area (TPSA) is 41.5 Å². The number of rotatable bonds is 2. The van der Waals surface area contributed by atoms with Crippen molar-refractivity contribution in [3.63, 3.8) is 0 Å². The van der Waals surface area contributed by atoms with Crippen LogP contribution in [-0.2, 0) is 4.79 Å².